The van der Waals surface area contributed by atoms with Crippen molar-refractivity contribution in [3.63, 3.8) is 0 Å². The molecule has 0 aliphatic rings. The van der Waals surface area contributed by atoms with Gasteiger partial charge >= 0.3 is 5.97 Å². The van der Waals surface area contributed by atoms with Crippen LogP contribution in [-0.4, -0.2) is 36.4 Å². The molecule has 9 heteroatoms. The summed E-state index contributed by atoms with van der Waals surface area (Å²) in [6.07, 6.45) is 0. The van der Waals surface area contributed by atoms with Gasteiger partial charge in [-0.1, -0.05) is 5.21 Å². The van der Waals surface area contributed by atoms with E-state index in [4.69, 9.17) is 10.8 Å². The largest absolute Gasteiger partial charge is 0.476 e. The number of hydrogen-bond donors (Lipinski definition) is 2. The van der Waals surface area contributed by atoms with Gasteiger partial charge in [0, 0.05) is 0 Å². The number of aromatic nitrogens is 5. The first-order chi connectivity index (χ1) is 7.11. The molecule has 2 rings (SSSR count). The van der Waals surface area contributed by atoms with Crippen LogP contribution in [0.3, 0.4) is 0 Å². The number of carbonyl (C=O) groups is 1. The molecule has 0 aromatic carbocycles. The Balaban J connectivity index is 2.64. The maximum Gasteiger partial charge on any atom is 0.356 e. The van der Waals surface area contributed by atoms with Gasteiger partial charge in [0.2, 0.25) is 11.6 Å². The molecule has 0 bridgehead atoms. The molecule has 0 saturated heterocycles. The predicted octanol–water partition coefficient (Wildman–Crippen LogP) is -0.761. The Morgan fingerprint density at radius 1 is 1.53 bits per heavy atom. The van der Waals surface area contributed by atoms with Gasteiger partial charge in [0.15, 0.2) is 5.69 Å². The Bertz CT molecular complexity index is 515. The monoisotopic (exact) mass is 210 g/mol. The van der Waals surface area contributed by atoms with Gasteiger partial charge < -0.3 is 10.8 Å². The minimum absolute atomic E-state index is 0.00741. The first-order valence-electron chi connectivity index (χ1n) is 3.85. The lowest BCUT2D eigenvalue weighted by molar-refractivity contribution is 0.0686. The highest BCUT2D eigenvalue weighted by molar-refractivity contribution is 5.87. The maximum absolute atomic E-state index is 10.9. The van der Waals surface area contributed by atoms with E-state index in [2.05, 4.69) is 25.3 Å². The highest BCUT2D eigenvalue weighted by Gasteiger charge is 2.21. The summed E-state index contributed by atoms with van der Waals surface area (Å²) in [5, 5.41) is 22.8. The summed E-state index contributed by atoms with van der Waals surface area (Å²) < 4.78 is 5.30. The van der Waals surface area contributed by atoms with E-state index in [-0.39, 0.29) is 23.0 Å². The zero-order chi connectivity index (χ0) is 11.0. The van der Waals surface area contributed by atoms with Crippen LogP contribution in [0.25, 0.3) is 5.82 Å². The summed E-state index contributed by atoms with van der Waals surface area (Å²) in [6.45, 7) is 1.51. The van der Waals surface area contributed by atoms with Crippen molar-refractivity contribution in [1.82, 2.24) is 25.3 Å². The Hall–Kier alpha value is -2.45. The number of carboxylic acids is 1. The van der Waals surface area contributed by atoms with Gasteiger partial charge in [-0.2, -0.15) is 4.68 Å². The van der Waals surface area contributed by atoms with Gasteiger partial charge in [0.05, 0.1) is 5.69 Å². The molecule has 0 aliphatic carbocycles. The molecule has 78 valence electrons. The van der Waals surface area contributed by atoms with E-state index in [1.165, 1.54) is 6.92 Å². The smallest absolute Gasteiger partial charge is 0.356 e. The molecule has 2 aromatic heterocycles. The average Bonchev–Trinajstić information content (AvgIpc) is 2.71. The second-order valence-electron chi connectivity index (χ2n) is 2.71. The summed E-state index contributed by atoms with van der Waals surface area (Å²) in [6, 6.07) is 0. The van der Waals surface area contributed by atoms with Crippen molar-refractivity contribution in [3.8, 4) is 5.82 Å². The van der Waals surface area contributed by atoms with Crippen molar-refractivity contribution < 1.29 is 14.5 Å². The van der Waals surface area contributed by atoms with E-state index < -0.39 is 5.97 Å². The number of nitrogens with zero attached hydrogens (tertiary/aromatic N) is 5. The first kappa shape index (κ1) is 9.12. The van der Waals surface area contributed by atoms with Gasteiger partial charge in [-0.25, -0.2) is 9.42 Å². The molecule has 0 saturated carbocycles. The molecular weight excluding hydrogens is 204 g/mol. The molecule has 2 heterocycles. The number of nitrogens with two attached hydrogens (primary N) is 1. The summed E-state index contributed by atoms with van der Waals surface area (Å²) in [4.78, 5) is 10.9. The molecule has 2 aromatic rings. The van der Waals surface area contributed by atoms with E-state index in [9.17, 15) is 4.79 Å². The Kier molecular flexibility index (Phi) is 1.85. The van der Waals surface area contributed by atoms with Crippen molar-refractivity contribution in [2.45, 2.75) is 6.92 Å². The number of anilines is 1. The minimum Gasteiger partial charge on any atom is -0.476 e. The second kappa shape index (κ2) is 3.04. The zero-order valence-electron chi connectivity index (χ0n) is 7.58. The number of aryl methyl sites for hydroxylation is 1. The van der Waals surface area contributed by atoms with Crippen molar-refractivity contribution in [1.29, 1.82) is 0 Å². The van der Waals surface area contributed by atoms with E-state index >= 15 is 0 Å². The normalized spacial score (nSPS) is 10.5. The predicted molar refractivity (Wildman–Crippen MR) is 45.3 cm³/mol. The SMILES string of the molecule is Cc1nnn(-c2nonc2N)c1C(=O)O. The number of rotatable bonds is 2. The second-order valence-corrected chi connectivity index (χ2v) is 2.71. The molecule has 9 nitrogen and oxygen atoms in total. The molecule has 0 atom stereocenters. The zero-order valence-corrected chi connectivity index (χ0v) is 7.58. The average molecular weight is 210 g/mol. The van der Waals surface area contributed by atoms with Crippen LogP contribution in [0.1, 0.15) is 16.2 Å². The van der Waals surface area contributed by atoms with Crippen LogP contribution in [0.2, 0.25) is 0 Å². The van der Waals surface area contributed by atoms with Crippen LogP contribution in [0.15, 0.2) is 4.63 Å². The lowest BCUT2D eigenvalue weighted by Crippen LogP contribution is -2.11. The van der Waals surface area contributed by atoms with Crippen molar-refractivity contribution in [2.24, 2.45) is 0 Å². The van der Waals surface area contributed by atoms with Crippen molar-refractivity contribution >= 4 is 11.8 Å². The van der Waals surface area contributed by atoms with Crippen molar-refractivity contribution in [3.05, 3.63) is 11.4 Å². The highest BCUT2D eigenvalue weighted by Crippen LogP contribution is 2.14. The fourth-order valence-electron chi connectivity index (χ4n) is 1.09. The maximum atomic E-state index is 10.9. The lowest BCUT2D eigenvalue weighted by atomic mass is 10.3. The van der Waals surface area contributed by atoms with Crippen LogP contribution in [0.5, 0.6) is 0 Å². The molecular formula is C6H6N6O3. The molecule has 0 unspecified atom stereocenters. The highest BCUT2D eigenvalue weighted by atomic mass is 16.6. The fourth-order valence-corrected chi connectivity index (χ4v) is 1.09. The summed E-state index contributed by atoms with van der Waals surface area (Å²) >= 11 is 0. The number of carboxylic acid groups (broad SMARTS) is 1. The fraction of sp³-hybridized carbons (Fsp3) is 0.167. The van der Waals surface area contributed by atoms with E-state index in [0.717, 1.165) is 4.68 Å². The number of hydrogen-bond acceptors (Lipinski definition) is 7. The molecule has 15 heavy (non-hydrogen) atoms. The van der Waals surface area contributed by atoms with Crippen LogP contribution < -0.4 is 5.73 Å². The summed E-state index contributed by atoms with van der Waals surface area (Å²) in [5.41, 5.74) is 5.53. The quantitative estimate of drug-likeness (QED) is 0.660. The van der Waals surface area contributed by atoms with E-state index in [1.807, 2.05) is 0 Å². The van der Waals surface area contributed by atoms with Crippen molar-refractivity contribution in [2.75, 3.05) is 5.73 Å². The standard InChI is InChI=1S/C6H6N6O3/c1-2-3(6(13)14)12(11-8-2)5-4(7)9-15-10-5/h1H3,(H2,7,9)(H,13,14). The number of nitrogen functional groups attached to an aromatic ring is 1. The van der Waals surface area contributed by atoms with Gasteiger partial charge in [-0.05, 0) is 17.2 Å². The number of aromatic carboxylic acids is 1. The summed E-state index contributed by atoms with van der Waals surface area (Å²) in [5.74, 6) is -1.23. The van der Waals surface area contributed by atoms with Crippen LogP contribution in [0.4, 0.5) is 5.82 Å². The molecule has 0 radical (unpaired) electrons. The Morgan fingerprint density at radius 3 is 2.80 bits per heavy atom. The van der Waals surface area contributed by atoms with Gasteiger partial charge in [-0.3, -0.25) is 0 Å². The van der Waals surface area contributed by atoms with Crippen LogP contribution >= 0.6 is 0 Å². The van der Waals surface area contributed by atoms with Gasteiger partial charge in [0.1, 0.15) is 0 Å². The van der Waals surface area contributed by atoms with E-state index in [1.54, 1.807) is 0 Å². The van der Waals surface area contributed by atoms with Gasteiger partial charge in [0.25, 0.3) is 0 Å². The third-order valence-electron chi connectivity index (χ3n) is 1.74. The Labute approximate surface area is 82.4 Å². The molecule has 0 fully saturated rings. The molecule has 0 amide bonds. The topological polar surface area (TPSA) is 133 Å². The first-order valence-corrected chi connectivity index (χ1v) is 3.85. The summed E-state index contributed by atoms with van der Waals surface area (Å²) in [7, 11) is 0. The Morgan fingerprint density at radius 2 is 2.27 bits per heavy atom. The lowest BCUT2D eigenvalue weighted by Gasteiger charge is -1.97. The van der Waals surface area contributed by atoms with Gasteiger partial charge in [-0.15, -0.1) is 5.10 Å². The molecule has 3 N–H and O–H groups in total. The van der Waals surface area contributed by atoms with E-state index in [0.29, 0.717) is 0 Å². The van der Waals surface area contributed by atoms with Crippen LogP contribution in [-0.2, 0) is 0 Å². The molecule has 0 aliphatic heterocycles. The van der Waals surface area contributed by atoms with Crippen LogP contribution in [0, 0.1) is 6.92 Å². The third kappa shape index (κ3) is 1.29. The minimum atomic E-state index is -1.18. The molecule has 0 spiro atoms. The third-order valence-corrected chi connectivity index (χ3v) is 1.74.